The highest BCUT2D eigenvalue weighted by atomic mass is 32.2. The minimum absolute atomic E-state index is 0.0648. The van der Waals surface area contributed by atoms with Crippen LogP contribution < -0.4 is 20.0 Å². The Morgan fingerprint density at radius 1 is 0.737 bits per heavy atom. The van der Waals surface area contributed by atoms with Crippen molar-refractivity contribution in [1.29, 1.82) is 10.5 Å². The first kappa shape index (κ1) is 44.1. The summed E-state index contributed by atoms with van der Waals surface area (Å²) in [5.74, 6) is -6.50. The normalized spacial score (nSPS) is 16.0. The molecule has 3 aliphatic rings. The number of rotatable bonds is 5. The number of carbonyl (C=O) groups excluding carboxylic acids is 1. The largest absolute Gasteiger partial charge is 0.490 e. The van der Waals surface area contributed by atoms with E-state index >= 15 is 0 Å². The molecule has 1 amide bonds. The molecule has 6 rings (SSSR count). The van der Waals surface area contributed by atoms with Crippen molar-refractivity contribution in [3.63, 3.8) is 0 Å². The van der Waals surface area contributed by atoms with Gasteiger partial charge < -0.3 is 34.8 Å². The van der Waals surface area contributed by atoms with Crippen LogP contribution in [0.3, 0.4) is 0 Å². The predicted molar refractivity (Wildman–Crippen MR) is 192 cm³/mol. The summed E-state index contributed by atoms with van der Waals surface area (Å²) in [6.45, 7) is 6.44. The molecule has 0 atom stereocenters. The Morgan fingerprint density at radius 2 is 1.18 bits per heavy atom. The van der Waals surface area contributed by atoms with E-state index in [4.69, 9.17) is 25.2 Å². The van der Waals surface area contributed by atoms with Crippen LogP contribution in [0.2, 0.25) is 0 Å². The van der Waals surface area contributed by atoms with Crippen molar-refractivity contribution in [2.45, 2.75) is 11.1 Å². The lowest BCUT2D eigenvalue weighted by Crippen LogP contribution is -2.49. The van der Waals surface area contributed by atoms with Crippen LogP contribution in [0, 0.1) is 45.9 Å². The number of hydrogen-bond acceptors (Lipinski definition) is 11. The van der Waals surface area contributed by atoms with Gasteiger partial charge >= 0.3 is 12.1 Å². The Balaban J connectivity index is 0.000000257. The zero-order valence-corrected chi connectivity index (χ0v) is 31.1. The maximum absolute atomic E-state index is 14.0. The van der Waals surface area contributed by atoms with Gasteiger partial charge in [-0.05, 0) is 42.5 Å². The lowest BCUT2D eigenvalue weighted by Gasteiger charge is -2.37. The van der Waals surface area contributed by atoms with E-state index in [1.54, 1.807) is 15.9 Å². The molecular formula is C36H36F7N7O6S. The first-order chi connectivity index (χ1) is 26.8. The van der Waals surface area contributed by atoms with Crippen molar-refractivity contribution in [2.75, 3.05) is 99.6 Å². The summed E-state index contributed by atoms with van der Waals surface area (Å²) < 4.78 is 116. The third-order valence-corrected chi connectivity index (χ3v) is 10.0. The van der Waals surface area contributed by atoms with Crippen molar-refractivity contribution in [1.82, 2.24) is 10.2 Å². The van der Waals surface area contributed by atoms with Gasteiger partial charge in [0, 0.05) is 88.8 Å². The zero-order valence-electron chi connectivity index (χ0n) is 30.3. The molecule has 57 heavy (non-hydrogen) atoms. The number of amides is 1. The van der Waals surface area contributed by atoms with Crippen molar-refractivity contribution in [2.24, 2.45) is 0 Å². The number of piperazine rings is 2. The van der Waals surface area contributed by atoms with Crippen LogP contribution in [0.4, 0.5) is 47.8 Å². The Morgan fingerprint density at radius 3 is 1.58 bits per heavy atom. The number of carbonyl (C=O) groups is 2. The number of nitrogens with zero attached hydrogens (tertiary/aromatic N) is 6. The molecule has 3 fully saturated rings. The molecule has 2 N–H and O–H groups in total. The summed E-state index contributed by atoms with van der Waals surface area (Å²) in [6.07, 6.45) is -3.99. The molecule has 3 aromatic carbocycles. The quantitative estimate of drug-likeness (QED) is 0.356. The highest BCUT2D eigenvalue weighted by Crippen LogP contribution is 2.29. The minimum atomic E-state index is -5.08. The fraction of sp³-hybridized carbons (Fsp3) is 0.389. The summed E-state index contributed by atoms with van der Waals surface area (Å²) in [4.78, 5) is 29.7. The van der Waals surface area contributed by atoms with Gasteiger partial charge in [0.2, 0.25) is 0 Å². The third kappa shape index (κ3) is 11.5. The van der Waals surface area contributed by atoms with Crippen LogP contribution in [0.25, 0.3) is 0 Å². The SMILES string of the molecule is CS(=O)(=O)c1ccc(N2CCOCC2)c(C(=O)N2CCN(c3cc(F)c(C#N)c(F)c3)CC2)c1.N#Cc1c(F)cc(N2CCNCC2)cc1F.O=C(O)C(F)(F)F. The molecule has 21 heteroatoms. The lowest BCUT2D eigenvalue weighted by atomic mass is 10.1. The molecule has 0 saturated carbocycles. The molecule has 0 bridgehead atoms. The number of anilines is 3. The van der Waals surface area contributed by atoms with Crippen LogP contribution in [0.15, 0.2) is 47.4 Å². The van der Waals surface area contributed by atoms with E-state index < -0.39 is 56.4 Å². The van der Waals surface area contributed by atoms with E-state index in [2.05, 4.69) is 5.32 Å². The monoisotopic (exact) mass is 827 g/mol. The van der Waals surface area contributed by atoms with Crippen molar-refractivity contribution in [3.8, 4) is 12.1 Å². The lowest BCUT2D eigenvalue weighted by molar-refractivity contribution is -0.192. The van der Waals surface area contributed by atoms with E-state index in [-0.39, 0.29) is 23.9 Å². The zero-order chi connectivity index (χ0) is 42.1. The number of alkyl halides is 3. The molecule has 306 valence electrons. The molecule has 0 aliphatic carbocycles. The number of ether oxygens (including phenoxy) is 1. The predicted octanol–water partition coefficient (Wildman–Crippen LogP) is 3.92. The van der Waals surface area contributed by atoms with E-state index in [1.807, 2.05) is 9.80 Å². The second-order valence-corrected chi connectivity index (χ2v) is 14.7. The number of carboxylic acid groups (broad SMARTS) is 1. The van der Waals surface area contributed by atoms with Crippen LogP contribution in [0.5, 0.6) is 0 Å². The number of morpholine rings is 1. The Bertz CT molecular complexity index is 2100. The van der Waals surface area contributed by atoms with Crippen LogP contribution in [0.1, 0.15) is 21.5 Å². The smallest absolute Gasteiger partial charge is 0.475 e. The van der Waals surface area contributed by atoms with Gasteiger partial charge in [0.05, 0.1) is 23.7 Å². The van der Waals surface area contributed by atoms with Gasteiger partial charge in [-0.1, -0.05) is 0 Å². The van der Waals surface area contributed by atoms with E-state index in [1.165, 1.54) is 36.4 Å². The molecule has 3 aliphatic heterocycles. The van der Waals surface area contributed by atoms with Gasteiger partial charge in [-0.2, -0.15) is 23.7 Å². The number of aliphatic carboxylic acids is 1. The fourth-order valence-corrected chi connectivity index (χ4v) is 6.60. The van der Waals surface area contributed by atoms with Gasteiger partial charge in [0.25, 0.3) is 5.91 Å². The summed E-state index contributed by atoms with van der Waals surface area (Å²) in [6, 6.07) is 12.3. The number of sulfone groups is 1. The summed E-state index contributed by atoms with van der Waals surface area (Å²) in [7, 11) is -3.51. The molecule has 0 radical (unpaired) electrons. The number of nitrogens with one attached hydrogen (secondary N) is 1. The number of nitriles is 2. The van der Waals surface area contributed by atoms with Gasteiger partial charge in [-0.3, -0.25) is 4.79 Å². The summed E-state index contributed by atoms with van der Waals surface area (Å²) >= 11 is 0. The molecule has 3 saturated heterocycles. The van der Waals surface area contributed by atoms with Crippen molar-refractivity contribution in [3.05, 3.63) is 82.4 Å². The van der Waals surface area contributed by atoms with E-state index in [0.29, 0.717) is 75.1 Å². The average Bonchev–Trinajstić information content (AvgIpc) is 3.17. The molecule has 0 spiro atoms. The minimum Gasteiger partial charge on any atom is -0.475 e. The van der Waals surface area contributed by atoms with Crippen LogP contribution in [-0.2, 0) is 19.4 Å². The number of carboxylic acids is 1. The Labute approximate surface area is 322 Å². The molecule has 0 unspecified atom stereocenters. The molecule has 0 aromatic heterocycles. The second-order valence-electron chi connectivity index (χ2n) is 12.7. The van der Waals surface area contributed by atoms with E-state index in [9.17, 15) is 43.9 Å². The second kappa shape index (κ2) is 19.0. The standard InChI is InChI=1S/C23H24F2N4O4S.C11H11F2N3.C2HF3O2/c1-34(31,32)17-2-3-22(28-8-10-33-11-9-28)18(14-17)23(30)29-6-4-27(5-7-29)16-12-20(24)19(15-26)21(25)13-16;12-10-5-8(6-11(13)9(10)7-14)16-3-1-15-2-4-16;3-2(4,5)1(6)7/h2-3,12-14H,4-11H2,1H3;5-6,15H,1-4H2;(H,6,7). The summed E-state index contributed by atoms with van der Waals surface area (Å²) in [5, 5.41) is 27.7. The highest BCUT2D eigenvalue weighted by molar-refractivity contribution is 7.90. The first-order valence-electron chi connectivity index (χ1n) is 17.1. The van der Waals surface area contributed by atoms with Crippen LogP contribution >= 0.6 is 0 Å². The molecule has 13 nitrogen and oxygen atoms in total. The maximum atomic E-state index is 14.0. The number of hydrogen-bond donors (Lipinski definition) is 2. The van der Waals surface area contributed by atoms with Gasteiger partial charge in [-0.15, -0.1) is 0 Å². The topological polar surface area (TPSA) is 170 Å². The van der Waals surface area contributed by atoms with E-state index in [0.717, 1.165) is 31.5 Å². The fourth-order valence-electron chi connectivity index (χ4n) is 5.96. The highest BCUT2D eigenvalue weighted by Gasteiger charge is 2.38. The molecule has 3 heterocycles. The number of benzene rings is 3. The van der Waals surface area contributed by atoms with Gasteiger partial charge in [0.15, 0.2) is 9.84 Å². The molecular weight excluding hydrogens is 791 g/mol. The van der Waals surface area contributed by atoms with Gasteiger partial charge in [-0.25, -0.2) is 30.8 Å². The summed E-state index contributed by atoms with van der Waals surface area (Å²) in [5.41, 5.74) is 0.607. The van der Waals surface area contributed by atoms with Crippen molar-refractivity contribution >= 4 is 38.8 Å². The van der Waals surface area contributed by atoms with Crippen LogP contribution in [-0.4, -0.2) is 121 Å². The van der Waals surface area contributed by atoms with Crippen molar-refractivity contribution < 1.29 is 58.6 Å². The molecule has 3 aromatic rings. The Kier molecular flexibility index (Phi) is 14.7. The average molecular weight is 828 g/mol. The maximum Gasteiger partial charge on any atom is 0.490 e. The Hall–Kier alpha value is -5.64. The third-order valence-electron chi connectivity index (χ3n) is 8.91. The van der Waals surface area contributed by atoms with Gasteiger partial charge in [0.1, 0.15) is 46.5 Å². The number of halogens is 7. The first-order valence-corrected chi connectivity index (χ1v) is 19.0.